The molecule has 0 aromatic heterocycles. The lowest BCUT2D eigenvalue weighted by Crippen LogP contribution is -2.53. The molecule has 1 heterocycles. The van der Waals surface area contributed by atoms with Gasteiger partial charge in [-0.2, -0.15) is 0 Å². The third kappa shape index (κ3) is 5.91. The van der Waals surface area contributed by atoms with Crippen LogP contribution in [0.15, 0.2) is 43.0 Å². The standard InChI is InChI=1S/C21H32N4O2/c1-4-12-22-19(26)17-23-13-15-25(16-14-23)20(18-10-8-7-9-11-18)21(27)24(5-2)6-3/h4,7-11,20H,1,5-6,12-17H2,2-3H3,(H,22,26). The zero-order valence-electron chi connectivity index (χ0n) is 16.6. The number of carbonyl (C=O) groups excluding carboxylic acids is 2. The number of nitrogens with zero attached hydrogens (tertiary/aromatic N) is 3. The van der Waals surface area contributed by atoms with Gasteiger partial charge in [0.05, 0.1) is 6.54 Å². The van der Waals surface area contributed by atoms with E-state index in [0.717, 1.165) is 31.7 Å². The predicted octanol–water partition coefficient (Wildman–Crippen LogP) is 1.52. The molecule has 27 heavy (non-hydrogen) atoms. The lowest BCUT2D eigenvalue weighted by molar-refractivity contribution is -0.138. The second-order valence-corrected chi connectivity index (χ2v) is 6.73. The van der Waals surface area contributed by atoms with Crippen LogP contribution in [-0.2, 0) is 9.59 Å². The number of piperazine rings is 1. The summed E-state index contributed by atoms with van der Waals surface area (Å²) in [5.41, 5.74) is 1.03. The van der Waals surface area contributed by atoms with Crippen molar-refractivity contribution in [2.75, 3.05) is 52.4 Å². The molecular formula is C21H32N4O2. The molecular weight excluding hydrogens is 340 g/mol. The van der Waals surface area contributed by atoms with E-state index in [1.165, 1.54) is 0 Å². The monoisotopic (exact) mass is 372 g/mol. The molecule has 1 N–H and O–H groups in total. The van der Waals surface area contributed by atoms with Gasteiger partial charge in [0.25, 0.3) is 0 Å². The zero-order valence-corrected chi connectivity index (χ0v) is 16.6. The zero-order chi connectivity index (χ0) is 19.6. The van der Waals surface area contributed by atoms with Gasteiger partial charge in [-0.3, -0.25) is 19.4 Å². The van der Waals surface area contributed by atoms with E-state index in [2.05, 4.69) is 21.7 Å². The van der Waals surface area contributed by atoms with Gasteiger partial charge in [-0.1, -0.05) is 36.4 Å². The highest BCUT2D eigenvalue weighted by molar-refractivity contribution is 5.83. The molecule has 1 aliphatic heterocycles. The summed E-state index contributed by atoms with van der Waals surface area (Å²) in [6, 6.07) is 9.74. The first-order chi connectivity index (χ1) is 13.1. The second kappa shape index (κ2) is 10.8. The van der Waals surface area contributed by atoms with E-state index in [4.69, 9.17) is 0 Å². The molecule has 0 aliphatic carbocycles. The van der Waals surface area contributed by atoms with E-state index in [9.17, 15) is 9.59 Å². The third-order valence-electron chi connectivity index (χ3n) is 5.01. The van der Waals surface area contributed by atoms with Crippen molar-refractivity contribution in [3.05, 3.63) is 48.6 Å². The Labute approximate surface area is 162 Å². The number of carbonyl (C=O) groups is 2. The van der Waals surface area contributed by atoms with Gasteiger partial charge in [0, 0.05) is 45.8 Å². The molecule has 1 saturated heterocycles. The van der Waals surface area contributed by atoms with Gasteiger partial charge in [-0.15, -0.1) is 6.58 Å². The summed E-state index contributed by atoms with van der Waals surface area (Å²) in [6.45, 7) is 13.0. The number of likely N-dealkylation sites (N-methyl/N-ethyl adjacent to an activating group) is 1. The molecule has 0 radical (unpaired) electrons. The summed E-state index contributed by atoms with van der Waals surface area (Å²) < 4.78 is 0. The largest absolute Gasteiger partial charge is 0.352 e. The molecule has 1 atom stereocenters. The summed E-state index contributed by atoms with van der Waals surface area (Å²) in [7, 11) is 0. The van der Waals surface area contributed by atoms with Crippen LogP contribution in [0, 0.1) is 0 Å². The Hall–Kier alpha value is -2.18. The van der Waals surface area contributed by atoms with Crippen molar-refractivity contribution in [2.24, 2.45) is 0 Å². The minimum absolute atomic E-state index is 0.0159. The number of rotatable bonds is 9. The Bertz CT molecular complexity index is 608. The van der Waals surface area contributed by atoms with Crippen molar-refractivity contribution in [3.63, 3.8) is 0 Å². The maximum Gasteiger partial charge on any atom is 0.244 e. The van der Waals surface area contributed by atoms with Crippen molar-refractivity contribution in [3.8, 4) is 0 Å². The first kappa shape index (κ1) is 21.1. The molecule has 6 nitrogen and oxygen atoms in total. The van der Waals surface area contributed by atoms with Crippen LogP contribution in [0.2, 0.25) is 0 Å². The van der Waals surface area contributed by atoms with E-state index in [-0.39, 0.29) is 17.9 Å². The summed E-state index contributed by atoms with van der Waals surface area (Å²) in [5, 5.41) is 2.81. The van der Waals surface area contributed by atoms with Crippen molar-refractivity contribution < 1.29 is 9.59 Å². The third-order valence-corrected chi connectivity index (χ3v) is 5.01. The highest BCUT2D eigenvalue weighted by Gasteiger charge is 2.32. The SMILES string of the molecule is C=CCNC(=O)CN1CCN(C(C(=O)N(CC)CC)c2ccccc2)CC1. The molecule has 0 bridgehead atoms. The lowest BCUT2D eigenvalue weighted by Gasteiger charge is -2.40. The summed E-state index contributed by atoms with van der Waals surface area (Å²) in [5.74, 6) is 0.172. The molecule has 1 aromatic carbocycles. The minimum atomic E-state index is -0.261. The van der Waals surface area contributed by atoms with E-state index in [0.29, 0.717) is 26.2 Å². The molecule has 2 amide bonds. The van der Waals surface area contributed by atoms with E-state index in [1.54, 1.807) is 6.08 Å². The van der Waals surface area contributed by atoms with Crippen molar-refractivity contribution in [1.29, 1.82) is 0 Å². The summed E-state index contributed by atoms with van der Waals surface area (Å²) >= 11 is 0. The van der Waals surface area contributed by atoms with Crippen LogP contribution in [0.1, 0.15) is 25.5 Å². The highest BCUT2D eigenvalue weighted by Crippen LogP contribution is 2.24. The molecule has 148 valence electrons. The fraction of sp³-hybridized carbons (Fsp3) is 0.524. The Morgan fingerprint density at radius 3 is 2.33 bits per heavy atom. The van der Waals surface area contributed by atoms with Crippen LogP contribution in [0.4, 0.5) is 0 Å². The van der Waals surface area contributed by atoms with Crippen molar-refractivity contribution >= 4 is 11.8 Å². The van der Waals surface area contributed by atoms with Crippen LogP contribution in [0.3, 0.4) is 0 Å². The Morgan fingerprint density at radius 1 is 1.15 bits per heavy atom. The highest BCUT2D eigenvalue weighted by atomic mass is 16.2. The number of hydrogen-bond acceptors (Lipinski definition) is 4. The van der Waals surface area contributed by atoms with Crippen LogP contribution in [0.5, 0.6) is 0 Å². The van der Waals surface area contributed by atoms with Gasteiger partial charge >= 0.3 is 0 Å². The fourth-order valence-electron chi connectivity index (χ4n) is 3.48. The number of benzene rings is 1. The van der Waals surface area contributed by atoms with Gasteiger partial charge in [-0.25, -0.2) is 0 Å². The molecule has 2 rings (SSSR count). The molecule has 1 aliphatic rings. The first-order valence-corrected chi connectivity index (χ1v) is 9.78. The molecule has 0 spiro atoms. The maximum absolute atomic E-state index is 13.2. The average Bonchev–Trinajstić information content (AvgIpc) is 2.70. The number of hydrogen-bond donors (Lipinski definition) is 1. The Morgan fingerprint density at radius 2 is 1.78 bits per heavy atom. The number of amides is 2. The van der Waals surface area contributed by atoms with Crippen LogP contribution < -0.4 is 5.32 Å². The molecule has 0 saturated carbocycles. The van der Waals surface area contributed by atoms with Crippen LogP contribution in [-0.4, -0.2) is 78.9 Å². The quantitative estimate of drug-likeness (QED) is 0.668. The normalized spacial score (nSPS) is 16.5. The molecule has 6 heteroatoms. The Balaban J connectivity index is 2.04. The van der Waals surface area contributed by atoms with Crippen LogP contribution in [0.25, 0.3) is 0 Å². The summed E-state index contributed by atoms with van der Waals surface area (Å²) in [4.78, 5) is 31.4. The average molecular weight is 373 g/mol. The lowest BCUT2D eigenvalue weighted by atomic mass is 10.0. The van der Waals surface area contributed by atoms with E-state index >= 15 is 0 Å². The van der Waals surface area contributed by atoms with E-state index in [1.807, 2.05) is 49.1 Å². The van der Waals surface area contributed by atoms with Gasteiger partial charge < -0.3 is 10.2 Å². The van der Waals surface area contributed by atoms with Crippen LogP contribution >= 0.6 is 0 Å². The topological polar surface area (TPSA) is 55.9 Å². The Kier molecular flexibility index (Phi) is 8.48. The summed E-state index contributed by atoms with van der Waals surface area (Å²) in [6.07, 6.45) is 1.68. The van der Waals surface area contributed by atoms with Crippen molar-refractivity contribution in [1.82, 2.24) is 20.0 Å². The van der Waals surface area contributed by atoms with Gasteiger partial charge in [-0.05, 0) is 19.4 Å². The maximum atomic E-state index is 13.2. The smallest absolute Gasteiger partial charge is 0.244 e. The van der Waals surface area contributed by atoms with E-state index < -0.39 is 0 Å². The van der Waals surface area contributed by atoms with Gasteiger partial charge in [0.15, 0.2) is 0 Å². The van der Waals surface area contributed by atoms with Crippen molar-refractivity contribution in [2.45, 2.75) is 19.9 Å². The van der Waals surface area contributed by atoms with Gasteiger partial charge in [0.1, 0.15) is 6.04 Å². The number of nitrogens with one attached hydrogen (secondary N) is 1. The predicted molar refractivity (Wildman–Crippen MR) is 108 cm³/mol. The van der Waals surface area contributed by atoms with Gasteiger partial charge in [0.2, 0.25) is 11.8 Å². The fourth-order valence-corrected chi connectivity index (χ4v) is 3.48. The molecule has 1 aromatic rings. The first-order valence-electron chi connectivity index (χ1n) is 9.78. The molecule has 1 unspecified atom stereocenters. The molecule has 1 fully saturated rings. The minimum Gasteiger partial charge on any atom is -0.352 e. The second-order valence-electron chi connectivity index (χ2n) is 6.73.